The van der Waals surface area contributed by atoms with E-state index in [1.54, 1.807) is 6.07 Å². The van der Waals surface area contributed by atoms with Crippen molar-refractivity contribution in [3.05, 3.63) is 59.7 Å². The first-order valence-corrected chi connectivity index (χ1v) is 9.04. The third-order valence-corrected chi connectivity index (χ3v) is 5.20. The van der Waals surface area contributed by atoms with E-state index in [1.807, 2.05) is 47.4 Å². The number of thiazole rings is 1. The minimum absolute atomic E-state index is 0.185. The summed E-state index contributed by atoms with van der Waals surface area (Å²) in [6.07, 6.45) is 1.54. The standard InChI is InChI=1S/C19H17N3O2S/c23-17-9-4-10-22(17)12-13-5-3-6-14(11-13)18(24)21-19-20-15-7-1-2-8-16(15)25-19/h1-3,5-8,11H,4,9-10,12H2,(H,20,21,24). The summed E-state index contributed by atoms with van der Waals surface area (Å²) < 4.78 is 1.04. The first kappa shape index (κ1) is 15.8. The second-order valence-corrected chi connectivity index (χ2v) is 7.09. The molecule has 0 radical (unpaired) electrons. The van der Waals surface area contributed by atoms with E-state index in [-0.39, 0.29) is 11.8 Å². The lowest BCUT2D eigenvalue weighted by molar-refractivity contribution is -0.128. The minimum atomic E-state index is -0.186. The molecule has 0 unspecified atom stereocenters. The Morgan fingerprint density at radius 2 is 2.08 bits per heavy atom. The second-order valence-electron chi connectivity index (χ2n) is 6.06. The van der Waals surface area contributed by atoms with Crippen molar-refractivity contribution in [3.8, 4) is 0 Å². The van der Waals surface area contributed by atoms with Crippen LogP contribution in [0.5, 0.6) is 0 Å². The molecule has 0 spiro atoms. The fourth-order valence-corrected chi connectivity index (χ4v) is 3.86. The Morgan fingerprint density at radius 1 is 1.20 bits per heavy atom. The zero-order chi connectivity index (χ0) is 17.2. The van der Waals surface area contributed by atoms with E-state index in [9.17, 15) is 9.59 Å². The number of carbonyl (C=O) groups excluding carboxylic acids is 2. The fraction of sp³-hybridized carbons (Fsp3) is 0.211. The lowest BCUT2D eigenvalue weighted by Gasteiger charge is -2.15. The van der Waals surface area contributed by atoms with E-state index in [0.717, 1.165) is 28.7 Å². The molecule has 4 rings (SSSR count). The summed E-state index contributed by atoms with van der Waals surface area (Å²) >= 11 is 1.45. The van der Waals surface area contributed by atoms with E-state index >= 15 is 0 Å². The summed E-state index contributed by atoms with van der Waals surface area (Å²) in [5.41, 5.74) is 2.42. The molecule has 1 fully saturated rings. The molecule has 126 valence electrons. The maximum atomic E-state index is 12.5. The Balaban J connectivity index is 1.49. The second kappa shape index (κ2) is 6.64. The van der Waals surface area contributed by atoms with Gasteiger partial charge >= 0.3 is 0 Å². The van der Waals surface area contributed by atoms with Crippen LogP contribution in [0.3, 0.4) is 0 Å². The molecule has 25 heavy (non-hydrogen) atoms. The van der Waals surface area contributed by atoms with E-state index in [2.05, 4.69) is 10.3 Å². The van der Waals surface area contributed by atoms with Crippen LogP contribution in [-0.2, 0) is 11.3 Å². The average molecular weight is 351 g/mol. The molecule has 1 saturated heterocycles. The number of rotatable bonds is 4. The van der Waals surface area contributed by atoms with Crippen LogP contribution in [0.15, 0.2) is 48.5 Å². The number of carbonyl (C=O) groups is 2. The highest BCUT2D eigenvalue weighted by Gasteiger charge is 2.20. The van der Waals surface area contributed by atoms with Crippen molar-refractivity contribution in [1.82, 2.24) is 9.88 Å². The van der Waals surface area contributed by atoms with Crippen LogP contribution in [0.2, 0.25) is 0 Å². The summed E-state index contributed by atoms with van der Waals surface area (Å²) in [6, 6.07) is 15.2. The topological polar surface area (TPSA) is 62.3 Å². The number of nitrogens with zero attached hydrogens (tertiary/aromatic N) is 2. The predicted octanol–water partition coefficient (Wildman–Crippen LogP) is 3.67. The Morgan fingerprint density at radius 3 is 2.88 bits per heavy atom. The van der Waals surface area contributed by atoms with Crippen molar-refractivity contribution in [2.45, 2.75) is 19.4 Å². The molecular weight excluding hydrogens is 334 g/mol. The van der Waals surface area contributed by atoms with E-state index < -0.39 is 0 Å². The molecule has 2 aromatic carbocycles. The molecule has 1 aromatic heterocycles. The first-order chi connectivity index (χ1) is 12.2. The summed E-state index contributed by atoms with van der Waals surface area (Å²) in [5, 5.41) is 3.45. The fourth-order valence-electron chi connectivity index (χ4n) is 3.00. The van der Waals surface area contributed by atoms with E-state index in [1.165, 1.54) is 11.3 Å². The third kappa shape index (κ3) is 3.39. The number of likely N-dealkylation sites (tertiary alicyclic amines) is 1. The van der Waals surface area contributed by atoms with Crippen LogP contribution in [0.4, 0.5) is 5.13 Å². The Kier molecular flexibility index (Phi) is 4.19. The predicted molar refractivity (Wildman–Crippen MR) is 98.7 cm³/mol. The third-order valence-electron chi connectivity index (χ3n) is 4.25. The molecule has 1 aliphatic rings. The molecule has 0 bridgehead atoms. The monoisotopic (exact) mass is 351 g/mol. The van der Waals surface area contributed by atoms with Gasteiger partial charge in [0.25, 0.3) is 5.91 Å². The first-order valence-electron chi connectivity index (χ1n) is 8.23. The largest absolute Gasteiger partial charge is 0.338 e. The normalized spacial score (nSPS) is 14.2. The molecule has 1 N–H and O–H groups in total. The van der Waals surface area contributed by atoms with Gasteiger partial charge in [-0.05, 0) is 36.2 Å². The summed E-state index contributed by atoms with van der Waals surface area (Å²) in [5.74, 6) is -0.00187. The summed E-state index contributed by atoms with van der Waals surface area (Å²) in [6.45, 7) is 1.35. The van der Waals surface area contributed by atoms with Gasteiger partial charge in [-0.1, -0.05) is 35.6 Å². The minimum Gasteiger partial charge on any atom is -0.338 e. The molecule has 1 aliphatic heterocycles. The Bertz CT molecular complexity index is 918. The lowest BCUT2D eigenvalue weighted by Crippen LogP contribution is -2.24. The van der Waals surface area contributed by atoms with Crippen molar-refractivity contribution in [3.63, 3.8) is 0 Å². The van der Waals surface area contributed by atoms with Crippen molar-refractivity contribution >= 4 is 38.5 Å². The Hall–Kier alpha value is -2.73. The lowest BCUT2D eigenvalue weighted by atomic mass is 10.1. The number of nitrogens with one attached hydrogen (secondary N) is 1. The molecule has 0 saturated carbocycles. The van der Waals surface area contributed by atoms with Gasteiger partial charge in [0.2, 0.25) is 5.91 Å². The van der Waals surface area contributed by atoms with Gasteiger partial charge in [0.15, 0.2) is 5.13 Å². The number of hydrogen-bond donors (Lipinski definition) is 1. The van der Waals surface area contributed by atoms with Gasteiger partial charge in [-0.3, -0.25) is 14.9 Å². The van der Waals surface area contributed by atoms with Crippen LogP contribution in [0, 0.1) is 0 Å². The quantitative estimate of drug-likeness (QED) is 0.780. The number of para-hydroxylation sites is 1. The van der Waals surface area contributed by atoms with Gasteiger partial charge in [-0.25, -0.2) is 4.98 Å². The zero-order valence-corrected chi connectivity index (χ0v) is 14.4. The van der Waals surface area contributed by atoms with Crippen LogP contribution in [0.25, 0.3) is 10.2 Å². The van der Waals surface area contributed by atoms with Gasteiger partial charge in [0.1, 0.15) is 0 Å². The van der Waals surface area contributed by atoms with Crippen LogP contribution >= 0.6 is 11.3 Å². The average Bonchev–Trinajstić information content (AvgIpc) is 3.21. The number of benzene rings is 2. The maximum Gasteiger partial charge on any atom is 0.257 e. The molecular formula is C19H17N3O2S. The maximum absolute atomic E-state index is 12.5. The van der Waals surface area contributed by atoms with Gasteiger partial charge in [-0.2, -0.15) is 0 Å². The molecule has 2 heterocycles. The number of hydrogen-bond acceptors (Lipinski definition) is 4. The summed E-state index contributed by atoms with van der Waals surface area (Å²) in [4.78, 5) is 30.5. The molecule has 2 amide bonds. The van der Waals surface area contributed by atoms with Crippen LogP contribution in [-0.4, -0.2) is 28.2 Å². The van der Waals surface area contributed by atoms with Gasteiger partial charge in [-0.15, -0.1) is 0 Å². The van der Waals surface area contributed by atoms with Crippen molar-refractivity contribution in [1.29, 1.82) is 0 Å². The molecule has 0 aliphatic carbocycles. The highest BCUT2D eigenvalue weighted by molar-refractivity contribution is 7.22. The van der Waals surface area contributed by atoms with Gasteiger partial charge in [0, 0.05) is 25.1 Å². The van der Waals surface area contributed by atoms with E-state index in [4.69, 9.17) is 0 Å². The number of amides is 2. The smallest absolute Gasteiger partial charge is 0.257 e. The molecule has 5 nitrogen and oxygen atoms in total. The van der Waals surface area contributed by atoms with Crippen molar-refractivity contribution in [2.75, 3.05) is 11.9 Å². The Labute approximate surface area is 149 Å². The molecule has 3 aromatic rings. The highest BCUT2D eigenvalue weighted by atomic mass is 32.1. The van der Waals surface area contributed by atoms with Gasteiger partial charge < -0.3 is 4.90 Å². The van der Waals surface area contributed by atoms with Crippen LogP contribution < -0.4 is 5.32 Å². The molecule has 6 heteroatoms. The number of fused-ring (bicyclic) bond motifs is 1. The van der Waals surface area contributed by atoms with Crippen LogP contribution in [0.1, 0.15) is 28.8 Å². The number of anilines is 1. The zero-order valence-electron chi connectivity index (χ0n) is 13.6. The van der Waals surface area contributed by atoms with E-state index in [0.29, 0.717) is 23.7 Å². The van der Waals surface area contributed by atoms with Gasteiger partial charge in [0.05, 0.1) is 10.2 Å². The number of aromatic nitrogens is 1. The highest BCUT2D eigenvalue weighted by Crippen LogP contribution is 2.26. The van der Waals surface area contributed by atoms with Crippen molar-refractivity contribution < 1.29 is 9.59 Å². The van der Waals surface area contributed by atoms with Crippen molar-refractivity contribution in [2.24, 2.45) is 0 Å². The molecule has 0 atom stereocenters. The summed E-state index contributed by atoms with van der Waals surface area (Å²) in [7, 11) is 0. The SMILES string of the molecule is O=C(Nc1nc2ccccc2s1)c1cccc(CN2CCCC2=O)c1.